The molecule has 0 atom stereocenters. The van der Waals surface area contributed by atoms with Gasteiger partial charge in [0.15, 0.2) is 0 Å². The van der Waals surface area contributed by atoms with Crippen molar-refractivity contribution < 1.29 is 4.79 Å². The summed E-state index contributed by atoms with van der Waals surface area (Å²) in [6, 6.07) is 0. The number of aromatic nitrogens is 2. The maximum Gasteiger partial charge on any atom is 0.269 e. The SMILES string of the molecule is Cn1cncc1C(=O)NCC1(C)CCNCC1. The van der Waals surface area contributed by atoms with Crippen molar-refractivity contribution in [1.82, 2.24) is 20.2 Å². The topological polar surface area (TPSA) is 59.0 Å². The van der Waals surface area contributed by atoms with Crippen LogP contribution < -0.4 is 10.6 Å². The Balaban J connectivity index is 1.90. The minimum absolute atomic E-state index is 0.0373. The van der Waals surface area contributed by atoms with Crippen molar-refractivity contribution in [1.29, 1.82) is 0 Å². The molecule has 1 aliphatic rings. The smallest absolute Gasteiger partial charge is 0.269 e. The number of aryl methyl sites for hydroxylation is 1. The van der Waals surface area contributed by atoms with E-state index in [-0.39, 0.29) is 11.3 Å². The second-order valence-corrected chi connectivity index (χ2v) is 5.13. The average molecular weight is 236 g/mol. The fourth-order valence-electron chi connectivity index (χ4n) is 2.17. The first-order valence-corrected chi connectivity index (χ1v) is 6.06. The maximum absolute atomic E-state index is 11.9. The van der Waals surface area contributed by atoms with Gasteiger partial charge in [-0.15, -0.1) is 0 Å². The van der Waals surface area contributed by atoms with Gasteiger partial charge in [0.2, 0.25) is 0 Å². The minimum atomic E-state index is -0.0373. The van der Waals surface area contributed by atoms with Gasteiger partial charge in [0.05, 0.1) is 12.5 Å². The molecule has 0 radical (unpaired) electrons. The predicted octanol–water partition coefficient (Wildman–Crippen LogP) is 0.540. The van der Waals surface area contributed by atoms with E-state index in [1.165, 1.54) is 0 Å². The molecule has 0 saturated carbocycles. The van der Waals surface area contributed by atoms with Gasteiger partial charge in [0, 0.05) is 13.6 Å². The Morgan fingerprint density at radius 1 is 1.59 bits per heavy atom. The summed E-state index contributed by atoms with van der Waals surface area (Å²) in [6.07, 6.45) is 5.46. The summed E-state index contributed by atoms with van der Waals surface area (Å²) in [5, 5.41) is 6.35. The Morgan fingerprint density at radius 2 is 2.29 bits per heavy atom. The molecule has 2 rings (SSSR count). The van der Waals surface area contributed by atoms with Gasteiger partial charge in [-0.1, -0.05) is 6.92 Å². The third kappa shape index (κ3) is 2.85. The van der Waals surface area contributed by atoms with Crippen molar-refractivity contribution in [3.05, 3.63) is 18.2 Å². The Labute approximate surface area is 102 Å². The normalized spacial score (nSPS) is 18.9. The van der Waals surface area contributed by atoms with E-state index in [2.05, 4.69) is 22.5 Å². The Bertz CT molecular complexity index is 393. The summed E-state index contributed by atoms with van der Waals surface area (Å²) in [6.45, 7) is 5.05. The van der Waals surface area contributed by atoms with Gasteiger partial charge in [0.1, 0.15) is 5.69 Å². The molecule has 5 nitrogen and oxygen atoms in total. The van der Waals surface area contributed by atoms with E-state index in [1.54, 1.807) is 17.1 Å². The van der Waals surface area contributed by atoms with Gasteiger partial charge < -0.3 is 15.2 Å². The summed E-state index contributed by atoms with van der Waals surface area (Å²) >= 11 is 0. The highest BCUT2D eigenvalue weighted by Gasteiger charge is 2.27. The lowest BCUT2D eigenvalue weighted by Crippen LogP contribution is -2.43. The number of nitrogens with one attached hydrogen (secondary N) is 2. The molecule has 0 bridgehead atoms. The first-order valence-electron chi connectivity index (χ1n) is 6.06. The van der Waals surface area contributed by atoms with Gasteiger partial charge >= 0.3 is 0 Å². The molecule has 2 heterocycles. The molecule has 1 fully saturated rings. The van der Waals surface area contributed by atoms with Crippen LogP contribution in [0.15, 0.2) is 12.5 Å². The molecular weight excluding hydrogens is 216 g/mol. The molecule has 94 valence electrons. The first kappa shape index (κ1) is 12.1. The third-order valence-electron chi connectivity index (χ3n) is 3.54. The molecular formula is C12H20N4O. The number of carbonyl (C=O) groups is 1. The lowest BCUT2D eigenvalue weighted by molar-refractivity contribution is 0.0914. The van der Waals surface area contributed by atoms with Crippen molar-refractivity contribution >= 4 is 5.91 Å². The first-order chi connectivity index (χ1) is 8.11. The molecule has 1 amide bonds. The highest BCUT2D eigenvalue weighted by Crippen LogP contribution is 2.26. The van der Waals surface area contributed by atoms with Gasteiger partial charge in [-0.2, -0.15) is 0 Å². The van der Waals surface area contributed by atoms with E-state index in [0.717, 1.165) is 32.5 Å². The standard InChI is InChI=1S/C12H20N4O/c1-12(3-5-13-6-4-12)8-15-11(17)10-7-14-9-16(10)2/h7,9,13H,3-6,8H2,1-2H3,(H,15,17). The fraction of sp³-hybridized carbons (Fsp3) is 0.667. The van der Waals surface area contributed by atoms with E-state index in [4.69, 9.17) is 0 Å². The van der Waals surface area contributed by atoms with Crippen LogP contribution in [0.4, 0.5) is 0 Å². The monoisotopic (exact) mass is 236 g/mol. The largest absolute Gasteiger partial charge is 0.350 e. The van der Waals surface area contributed by atoms with E-state index in [9.17, 15) is 4.79 Å². The van der Waals surface area contributed by atoms with Crippen LogP contribution in [0.3, 0.4) is 0 Å². The number of amides is 1. The van der Waals surface area contributed by atoms with Crippen molar-refractivity contribution in [3.8, 4) is 0 Å². The Kier molecular flexibility index (Phi) is 3.47. The number of imidazole rings is 1. The zero-order valence-corrected chi connectivity index (χ0v) is 10.5. The summed E-state index contributed by atoms with van der Waals surface area (Å²) in [7, 11) is 1.83. The van der Waals surface area contributed by atoms with Gasteiger partial charge in [-0.3, -0.25) is 4.79 Å². The van der Waals surface area contributed by atoms with Crippen LogP contribution in [-0.4, -0.2) is 35.1 Å². The van der Waals surface area contributed by atoms with Crippen LogP contribution in [0.1, 0.15) is 30.3 Å². The Morgan fingerprint density at radius 3 is 2.88 bits per heavy atom. The quantitative estimate of drug-likeness (QED) is 0.805. The zero-order valence-electron chi connectivity index (χ0n) is 10.5. The lowest BCUT2D eigenvalue weighted by Gasteiger charge is -2.34. The van der Waals surface area contributed by atoms with Crippen LogP contribution in [0, 0.1) is 5.41 Å². The lowest BCUT2D eigenvalue weighted by atomic mass is 9.81. The van der Waals surface area contributed by atoms with Crippen LogP contribution in [0.25, 0.3) is 0 Å². The highest BCUT2D eigenvalue weighted by atomic mass is 16.1. The average Bonchev–Trinajstić information content (AvgIpc) is 2.74. The second-order valence-electron chi connectivity index (χ2n) is 5.13. The Hall–Kier alpha value is -1.36. The number of rotatable bonds is 3. The molecule has 0 aromatic carbocycles. The van der Waals surface area contributed by atoms with E-state index < -0.39 is 0 Å². The molecule has 0 unspecified atom stereocenters. The van der Waals surface area contributed by atoms with Crippen molar-refractivity contribution in [2.45, 2.75) is 19.8 Å². The van der Waals surface area contributed by atoms with E-state index in [1.807, 2.05) is 7.05 Å². The van der Waals surface area contributed by atoms with Crippen LogP contribution >= 0.6 is 0 Å². The molecule has 5 heteroatoms. The molecule has 0 aliphatic carbocycles. The van der Waals surface area contributed by atoms with Crippen LogP contribution in [0.2, 0.25) is 0 Å². The molecule has 1 saturated heterocycles. The number of hydrogen-bond acceptors (Lipinski definition) is 3. The zero-order chi connectivity index (χ0) is 12.3. The second kappa shape index (κ2) is 4.87. The van der Waals surface area contributed by atoms with Crippen LogP contribution in [-0.2, 0) is 7.05 Å². The summed E-state index contributed by atoms with van der Waals surface area (Å²) in [5.74, 6) is -0.0373. The summed E-state index contributed by atoms with van der Waals surface area (Å²) in [4.78, 5) is 15.9. The summed E-state index contributed by atoms with van der Waals surface area (Å²) < 4.78 is 1.74. The maximum atomic E-state index is 11.9. The molecule has 17 heavy (non-hydrogen) atoms. The van der Waals surface area contributed by atoms with Gasteiger partial charge in [-0.05, 0) is 31.3 Å². The number of nitrogens with zero attached hydrogens (tertiary/aromatic N) is 2. The number of piperidine rings is 1. The third-order valence-corrected chi connectivity index (χ3v) is 3.54. The number of hydrogen-bond donors (Lipinski definition) is 2. The fourth-order valence-corrected chi connectivity index (χ4v) is 2.17. The minimum Gasteiger partial charge on any atom is -0.350 e. The predicted molar refractivity (Wildman–Crippen MR) is 65.8 cm³/mol. The van der Waals surface area contributed by atoms with Gasteiger partial charge in [0.25, 0.3) is 5.91 Å². The van der Waals surface area contributed by atoms with E-state index >= 15 is 0 Å². The molecule has 0 spiro atoms. The van der Waals surface area contributed by atoms with Crippen molar-refractivity contribution in [2.24, 2.45) is 12.5 Å². The van der Waals surface area contributed by atoms with E-state index in [0.29, 0.717) is 5.69 Å². The highest BCUT2D eigenvalue weighted by molar-refractivity contribution is 5.92. The molecule has 2 N–H and O–H groups in total. The molecule has 1 aromatic heterocycles. The molecule has 1 aliphatic heterocycles. The molecule has 1 aromatic rings. The van der Waals surface area contributed by atoms with Crippen molar-refractivity contribution in [2.75, 3.05) is 19.6 Å². The number of carbonyl (C=O) groups excluding carboxylic acids is 1. The van der Waals surface area contributed by atoms with Gasteiger partial charge in [-0.25, -0.2) is 4.98 Å². The van der Waals surface area contributed by atoms with Crippen LogP contribution in [0.5, 0.6) is 0 Å². The summed E-state index contributed by atoms with van der Waals surface area (Å²) in [5.41, 5.74) is 0.835. The van der Waals surface area contributed by atoms with Crippen molar-refractivity contribution in [3.63, 3.8) is 0 Å².